The van der Waals surface area contributed by atoms with Crippen LogP contribution in [0.5, 0.6) is 0 Å². The van der Waals surface area contributed by atoms with Gasteiger partial charge in [0, 0.05) is 33.7 Å². The lowest BCUT2D eigenvalue weighted by Gasteiger charge is -2.03. The summed E-state index contributed by atoms with van der Waals surface area (Å²) in [5.41, 5.74) is 9.61. The maximum absolute atomic E-state index is 4.86. The zero-order valence-electron chi connectivity index (χ0n) is 16.1. The van der Waals surface area contributed by atoms with Crippen LogP contribution in [0.3, 0.4) is 0 Å². The summed E-state index contributed by atoms with van der Waals surface area (Å²) in [6, 6.07) is 26.0. The highest BCUT2D eigenvalue weighted by molar-refractivity contribution is 5.90. The van der Waals surface area contributed by atoms with E-state index in [2.05, 4.69) is 46.4 Å². The maximum Gasteiger partial charge on any atom is 0.0738 e. The third kappa shape index (κ3) is 3.05. The SMILES string of the molecule is [c]1c2nc(c(-c3ccccc3)c3ccc(cc4nc(cc5ccc1[nH]5)C=C4)[nH]3)C=C2. The van der Waals surface area contributed by atoms with Crippen LogP contribution in [0.25, 0.3) is 57.5 Å². The van der Waals surface area contributed by atoms with E-state index in [0.29, 0.717) is 0 Å². The van der Waals surface area contributed by atoms with Crippen molar-refractivity contribution in [3.63, 3.8) is 0 Å². The molecule has 3 aromatic heterocycles. The molecule has 0 amide bonds. The Morgan fingerprint density at radius 3 is 2.27 bits per heavy atom. The number of hydrogen-bond donors (Lipinski definition) is 2. The van der Waals surface area contributed by atoms with Gasteiger partial charge in [0.05, 0.1) is 22.8 Å². The maximum atomic E-state index is 4.86. The molecule has 0 saturated heterocycles. The number of fused-ring (bicyclic) bond motifs is 8. The van der Waals surface area contributed by atoms with Crippen LogP contribution in [0.2, 0.25) is 0 Å². The topological polar surface area (TPSA) is 57.4 Å². The van der Waals surface area contributed by atoms with E-state index in [0.717, 1.165) is 56.0 Å². The first-order valence-electron chi connectivity index (χ1n) is 9.85. The number of rotatable bonds is 1. The summed E-state index contributed by atoms with van der Waals surface area (Å²) in [5, 5.41) is 0. The summed E-state index contributed by atoms with van der Waals surface area (Å²) in [4.78, 5) is 16.5. The third-order valence-corrected chi connectivity index (χ3v) is 5.20. The molecule has 8 bridgehead atoms. The number of hydrogen-bond acceptors (Lipinski definition) is 2. The number of aromatic nitrogens is 4. The molecule has 4 nitrogen and oxygen atoms in total. The smallest absolute Gasteiger partial charge is 0.0738 e. The summed E-state index contributed by atoms with van der Waals surface area (Å²) in [7, 11) is 0. The van der Waals surface area contributed by atoms with Gasteiger partial charge in [-0.15, -0.1) is 0 Å². The molecule has 2 N–H and O–H groups in total. The molecule has 2 aliphatic heterocycles. The van der Waals surface area contributed by atoms with Crippen LogP contribution in [0, 0.1) is 6.07 Å². The van der Waals surface area contributed by atoms with E-state index < -0.39 is 0 Å². The Balaban J connectivity index is 1.73. The molecule has 0 aliphatic carbocycles. The van der Waals surface area contributed by atoms with Crippen molar-refractivity contribution in [2.45, 2.75) is 0 Å². The van der Waals surface area contributed by atoms with Gasteiger partial charge < -0.3 is 9.97 Å². The highest BCUT2D eigenvalue weighted by atomic mass is 14.8. The highest BCUT2D eigenvalue weighted by Gasteiger charge is 2.10. The van der Waals surface area contributed by atoms with Crippen LogP contribution in [0.15, 0.2) is 66.7 Å². The second kappa shape index (κ2) is 6.71. The Morgan fingerprint density at radius 2 is 1.43 bits per heavy atom. The molecular weight excluding hydrogens is 368 g/mol. The van der Waals surface area contributed by atoms with Crippen molar-refractivity contribution in [1.82, 2.24) is 19.9 Å². The van der Waals surface area contributed by atoms with Gasteiger partial charge in [-0.05, 0) is 66.3 Å². The van der Waals surface area contributed by atoms with Crippen molar-refractivity contribution in [3.05, 3.63) is 95.6 Å². The molecular formula is C26H17N4. The summed E-state index contributed by atoms with van der Waals surface area (Å²) in [6.07, 6.45) is 8.10. The van der Waals surface area contributed by atoms with Crippen LogP contribution in [0.1, 0.15) is 22.8 Å². The molecule has 2 aliphatic rings. The zero-order valence-corrected chi connectivity index (χ0v) is 16.1. The monoisotopic (exact) mass is 385 g/mol. The molecule has 0 spiro atoms. The van der Waals surface area contributed by atoms with E-state index in [1.54, 1.807) is 0 Å². The van der Waals surface area contributed by atoms with Gasteiger partial charge in [-0.3, -0.25) is 0 Å². The molecule has 30 heavy (non-hydrogen) atoms. The predicted molar refractivity (Wildman–Crippen MR) is 123 cm³/mol. The Bertz CT molecular complexity index is 1480. The second-order valence-corrected chi connectivity index (χ2v) is 7.32. The van der Waals surface area contributed by atoms with E-state index in [1.165, 1.54) is 0 Å². The van der Waals surface area contributed by atoms with Crippen molar-refractivity contribution < 1.29 is 0 Å². The van der Waals surface area contributed by atoms with Gasteiger partial charge in [0.15, 0.2) is 0 Å². The van der Waals surface area contributed by atoms with E-state index in [4.69, 9.17) is 9.97 Å². The van der Waals surface area contributed by atoms with Crippen LogP contribution in [-0.2, 0) is 0 Å². The van der Waals surface area contributed by atoms with E-state index in [9.17, 15) is 0 Å². The van der Waals surface area contributed by atoms with Crippen LogP contribution >= 0.6 is 0 Å². The van der Waals surface area contributed by atoms with Crippen molar-refractivity contribution in [2.75, 3.05) is 0 Å². The molecule has 1 radical (unpaired) electrons. The van der Waals surface area contributed by atoms with Gasteiger partial charge in [0.25, 0.3) is 0 Å². The van der Waals surface area contributed by atoms with Crippen molar-refractivity contribution in [1.29, 1.82) is 0 Å². The number of nitrogens with one attached hydrogen (secondary N) is 2. The molecule has 141 valence electrons. The zero-order chi connectivity index (χ0) is 19.9. The lowest BCUT2D eigenvalue weighted by Crippen LogP contribution is -1.85. The largest absolute Gasteiger partial charge is 0.355 e. The molecule has 4 heteroatoms. The van der Waals surface area contributed by atoms with E-state index >= 15 is 0 Å². The molecule has 0 saturated carbocycles. The fourth-order valence-corrected chi connectivity index (χ4v) is 3.84. The lowest BCUT2D eigenvalue weighted by atomic mass is 10.0. The number of nitrogens with zero attached hydrogens (tertiary/aromatic N) is 2. The summed E-state index contributed by atoms with van der Waals surface area (Å²) in [5.74, 6) is 0. The number of H-pyrrole nitrogens is 2. The van der Waals surface area contributed by atoms with Crippen molar-refractivity contribution in [3.8, 4) is 11.1 Å². The molecule has 1 aromatic carbocycles. The fourth-order valence-electron chi connectivity index (χ4n) is 3.84. The van der Waals surface area contributed by atoms with Gasteiger partial charge in [0.1, 0.15) is 0 Å². The molecule has 5 heterocycles. The summed E-state index contributed by atoms with van der Waals surface area (Å²) < 4.78 is 0. The Labute approximate surface area is 173 Å². The molecule has 0 fully saturated rings. The predicted octanol–water partition coefficient (Wildman–Crippen LogP) is 6.12. The Kier molecular flexibility index (Phi) is 3.74. The molecule has 0 unspecified atom stereocenters. The van der Waals surface area contributed by atoms with Crippen LogP contribution in [-0.4, -0.2) is 19.9 Å². The van der Waals surface area contributed by atoms with Gasteiger partial charge in [-0.2, -0.15) is 0 Å². The quantitative estimate of drug-likeness (QED) is 0.358. The first-order chi connectivity index (χ1) is 14.8. The van der Waals surface area contributed by atoms with Crippen LogP contribution < -0.4 is 0 Å². The standard InChI is InChI=1S/C26H17N4/c1-2-4-17(5-3-1)26-24-12-10-22(29-24)15-20-8-6-18(27-20)14-19-7-9-21(28-19)16-23-11-13-25(26)30-23/h1-15,28-29H. The van der Waals surface area contributed by atoms with E-state index in [-0.39, 0.29) is 0 Å². The van der Waals surface area contributed by atoms with Crippen LogP contribution in [0.4, 0.5) is 0 Å². The fraction of sp³-hybridized carbons (Fsp3) is 0. The summed E-state index contributed by atoms with van der Waals surface area (Å²) in [6.45, 7) is 0. The minimum atomic E-state index is 0.797. The lowest BCUT2D eigenvalue weighted by molar-refractivity contribution is 1.31. The first kappa shape index (κ1) is 16.7. The highest BCUT2D eigenvalue weighted by Crippen LogP contribution is 2.29. The van der Waals surface area contributed by atoms with Crippen molar-refractivity contribution in [2.24, 2.45) is 0 Å². The molecule has 0 atom stereocenters. The number of aromatic amines is 2. The average Bonchev–Trinajstić information content (AvgIpc) is 3.54. The molecule has 6 rings (SSSR count). The Hall–Kier alpha value is -4.18. The first-order valence-corrected chi connectivity index (χ1v) is 9.85. The third-order valence-electron chi connectivity index (χ3n) is 5.20. The normalized spacial score (nSPS) is 12.4. The van der Waals surface area contributed by atoms with Gasteiger partial charge in [-0.25, -0.2) is 9.97 Å². The van der Waals surface area contributed by atoms with Gasteiger partial charge in [0.2, 0.25) is 0 Å². The molecule has 4 aromatic rings. The van der Waals surface area contributed by atoms with E-state index in [1.807, 2.05) is 60.7 Å². The Morgan fingerprint density at radius 1 is 0.667 bits per heavy atom. The average molecular weight is 385 g/mol. The minimum absolute atomic E-state index is 0.797. The van der Waals surface area contributed by atoms with Gasteiger partial charge >= 0.3 is 0 Å². The van der Waals surface area contributed by atoms with Gasteiger partial charge in [-0.1, -0.05) is 30.3 Å². The number of benzene rings is 1. The minimum Gasteiger partial charge on any atom is -0.355 e. The second-order valence-electron chi connectivity index (χ2n) is 7.32. The van der Waals surface area contributed by atoms with Crippen molar-refractivity contribution >= 4 is 46.4 Å². The summed E-state index contributed by atoms with van der Waals surface area (Å²) >= 11 is 0.